The summed E-state index contributed by atoms with van der Waals surface area (Å²) in [5.41, 5.74) is -0.439. The van der Waals surface area contributed by atoms with Crippen LogP contribution in [0.2, 0.25) is 5.02 Å². The highest BCUT2D eigenvalue weighted by Crippen LogP contribution is 2.21. The highest BCUT2D eigenvalue weighted by atomic mass is 35.5. The molecule has 136 valence electrons. The average Bonchev–Trinajstić information content (AvgIpc) is 2.66. The van der Waals surface area contributed by atoms with E-state index in [0.717, 1.165) is 12.1 Å². The van der Waals surface area contributed by atoms with Crippen LogP contribution in [0, 0.1) is 11.6 Å². The summed E-state index contributed by atoms with van der Waals surface area (Å²) in [5.74, 6) is -3.28. The lowest BCUT2D eigenvalue weighted by Gasteiger charge is -2.09. The molecule has 0 radical (unpaired) electrons. The van der Waals surface area contributed by atoms with E-state index in [-0.39, 0.29) is 11.4 Å². The Balaban J connectivity index is 1.80. The second-order valence-electron chi connectivity index (χ2n) is 5.39. The molecule has 0 bridgehead atoms. The van der Waals surface area contributed by atoms with Gasteiger partial charge in [0.1, 0.15) is 28.7 Å². The molecule has 2 N–H and O–H groups in total. The molecule has 3 rings (SSSR count). The van der Waals surface area contributed by atoms with Crippen molar-refractivity contribution in [1.29, 1.82) is 0 Å². The molecule has 5 nitrogen and oxygen atoms in total. The molecule has 2 amide bonds. The van der Waals surface area contributed by atoms with E-state index in [1.807, 2.05) is 0 Å². The van der Waals surface area contributed by atoms with Crippen LogP contribution < -0.4 is 10.6 Å². The second-order valence-corrected chi connectivity index (χ2v) is 5.80. The third kappa shape index (κ3) is 4.27. The van der Waals surface area contributed by atoms with Gasteiger partial charge in [-0.05, 0) is 36.4 Å². The molecule has 0 saturated heterocycles. The molecule has 2 aromatic carbocycles. The predicted molar refractivity (Wildman–Crippen MR) is 98.0 cm³/mol. The Bertz CT molecular complexity index is 1010. The molecule has 27 heavy (non-hydrogen) atoms. The summed E-state index contributed by atoms with van der Waals surface area (Å²) in [6.07, 6.45) is 0. The first-order chi connectivity index (χ1) is 13.0. The van der Waals surface area contributed by atoms with Crippen LogP contribution in [0.4, 0.5) is 20.2 Å². The first-order valence-electron chi connectivity index (χ1n) is 7.74. The standard InChI is InChI=1S/C19H12ClF2N3O2/c20-11-5-1-2-8-14(11)24-18(26)15-9-4-10-16(23-15)19(27)25-17-12(21)6-3-7-13(17)22/h1-10H,(H,24,26)(H,25,27). The third-order valence-corrected chi connectivity index (χ3v) is 3.87. The Labute approximate surface area is 158 Å². The number of rotatable bonds is 4. The Morgan fingerprint density at radius 3 is 1.96 bits per heavy atom. The molecule has 0 aliphatic rings. The SMILES string of the molecule is O=C(Nc1ccccc1Cl)c1cccc(C(=O)Nc2c(F)cccc2F)n1. The van der Waals surface area contributed by atoms with Crippen LogP contribution in [0.1, 0.15) is 21.0 Å². The van der Waals surface area contributed by atoms with Gasteiger partial charge in [0.05, 0.1) is 10.7 Å². The van der Waals surface area contributed by atoms with Gasteiger partial charge in [-0.3, -0.25) is 9.59 Å². The zero-order chi connectivity index (χ0) is 19.4. The lowest BCUT2D eigenvalue weighted by atomic mass is 10.2. The van der Waals surface area contributed by atoms with Crippen molar-refractivity contribution < 1.29 is 18.4 Å². The molecule has 0 atom stereocenters. The molecule has 0 fully saturated rings. The highest BCUT2D eigenvalue weighted by Gasteiger charge is 2.16. The van der Waals surface area contributed by atoms with Crippen LogP contribution in [0.25, 0.3) is 0 Å². The number of nitrogens with zero attached hydrogens (tertiary/aromatic N) is 1. The van der Waals surface area contributed by atoms with Gasteiger partial charge >= 0.3 is 0 Å². The number of carbonyl (C=O) groups is 2. The van der Waals surface area contributed by atoms with Crippen LogP contribution in [0.3, 0.4) is 0 Å². The van der Waals surface area contributed by atoms with E-state index < -0.39 is 29.1 Å². The number of amides is 2. The predicted octanol–water partition coefficient (Wildman–Crippen LogP) is 4.52. The third-order valence-electron chi connectivity index (χ3n) is 3.54. The van der Waals surface area contributed by atoms with Gasteiger partial charge in [-0.1, -0.05) is 35.9 Å². The van der Waals surface area contributed by atoms with Gasteiger partial charge in [-0.15, -0.1) is 0 Å². The van der Waals surface area contributed by atoms with Crippen molar-refractivity contribution in [1.82, 2.24) is 4.98 Å². The smallest absolute Gasteiger partial charge is 0.274 e. The summed E-state index contributed by atoms with van der Waals surface area (Å²) in [4.78, 5) is 28.5. The fourth-order valence-electron chi connectivity index (χ4n) is 2.23. The van der Waals surface area contributed by atoms with Crippen molar-refractivity contribution in [2.75, 3.05) is 10.6 Å². The lowest BCUT2D eigenvalue weighted by Crippen LogP contribution is -2.19. The van der Waals surface area contributed by atoms with Crippen LogP contribution in [0.15, 0.2) is 60.7 Å². The summed E-state index contributed by atoms with van der Waals surface area (Å²) in [6, 6.07) is 14.0. The molecule has 8 heteroatoms. The summed E-state index contributed by atoms with van der Waals surface area (Å²) in [7, 11) is 0. The molecule has 0 aliphatic carbocycles. The molecule has 0 spiro atoms. The zero-order valence-corrected chi connectivity index (χ0v) is 14.4. The Morgan fingerprint density at radius 2 is 1.33 bits per heavy atom. The maximum absolute atomic E-state index is 13.7. The summed E-state index contributed by atoms with van der Waals surface area (Å²) in [5, 5.41) is 5.03. The Morgan fingerprint density at radius 1 is 0.778 bits per heavy atom. The van der Waals surface area contributed by atoms with Crippen molar-refractivity contribution in [2.24, 2.45) is 0 Å². The molecule has 3 aromatic rings. The van der Waals surface area contributed by atoms with Crippen molar-refractivity contribution in [2.45, 2.75) is 0 Å². The summed E-state index contributed by atoms with van der Waals surface area (Å²) in [6.45, 7) is 0. The van der Waals surface area contributed by atoms with Crippen LogP contribution in [-0.2, 0) is 0 Å². The quantitative estimate of drug-likeness (QED) is 0.691. The van der Waals surface area contributed by atoms with Gasteiger partial charge in [-0.2, -0.15) is 0 Å². The Hall–Kier alpha value is -3.32. The van der Waals surface area contributed by atoms with E-state index in [2.05, 4.69) is 15.6 Å². The minimum absolute atomic E-state index is 0.0587. The molecular formula is C19H12ClF2N3O2. The van der Waals surface area contributed by atoms with Crippen molar-refractivity contribution in [3.8, 4) is 0 Å². The number of anilines is 2. The first-order valence-corrected chi connectivity index (χ1v) is 8.12. The monoisotopic (exact) mass is 387 g/mol. The number of carbonyl (C=O) groups excluding carboxylic acids is 2. The number of hydrogen-bond donors (Lipinski definition) is 2. The maximum Gasteiger partial charge on any atom is 0.274 e. The first kappa shape index (κ1) is 18.5. The van der Waals surface area contributed by atoms with E-state index in [9.17, 15) is 18.4 Å². The number of nitrogens with one attached hydrogen (secondary N) is 2. The molecule has 0 unspecified atom stereocenters. The van der Waals surface area contributed by atoms with Gasteiger partial charge in [-0.25, -0.2) is 13.8 Å². The van der Waals surface area contributed by atoms with Crippen molar-refractivity contribution in [3.63, 3.8) is 0 Å². The number of benzene rings is 2. The van der Waals surface area contributed by atoms with Crippen LogP contribution >= 0.6 is 11.6 Å². The van der Waals surface area contributed by atoms with E-state index in [1.165, 1.54) is 24.3 Å². The molecule has 0 aliphatic heterocycles. The molecule has 0 saturated carbocycles. The summed E-state index contributed by atoms with van der Waals surface area (Å²) >= 11 is 5.99. The van der Waals surface area contributed by atoms with Gasteiger partial charge in [0, 0.05) is 0 Å². The van der Waals surface area contributed by atoms with E-state index >= 15 is 0 Å². The maximum atomic E-state index is 13.7. The number of hydrogen-bond acceptors (Lipinski definition) is 3. The number of para-hydroxylation sites is 2. The minimum atomic E-state index is -0.920. The van der Waals surface area contributed by atoms with Crippen molar-refractivity contribution >= 4 is 34.8 Å². The molecule has 1 aromatic heterocycles. The lowest BCUT2D eigenvalue weighted by molar-refractivity contribution is 0.101. The fourth-order valence-corrected chi connectivity index (χ4v) is 2.41. The van der Waals surface area contributed by atoms with Gasteiger partial charge in [0.25, 0.3) is 11.8 Å². The highest BCUT2D eigenvalue weighted by molar-refractivity contribution is 6.33. The topological polar surface area (TPSA) is 71.1 Å². The van der Waals surface area contributed by atoms with E-state index in [1.54, 1.807) is 24.3 Å². The van der Waals surface area contributed by atoms with Crippen LogP contribution in [-0.4, -0.2) is 16.8 Å². The van der Waals surface area contributed by atoms with E-state index in [0.29, 0.717) is 10.7 Å². The average molecular weight is 388 g/mol. The number of halogens is 3. The molecular weight excluding hydrogens is 376 g/mol. The number of pyridine rings is 1. The Kier molecular flexibility index (Phi) is 5.42. The van der Waals surface area contributed by atoms with Gasteiger partial charge in [0.15, 0.2) is 0 Å². The number of aromatic nitrogens is 1. The zero-order valence-electron chi connectivity index (χ0n) is 13.7. The second kappa shape index (κ2) is 7.92. The fraction of sp³-hybridized carbons (Fsp3) is 0. The largest absolute Gasteiger partial charge is 0.319 e. The normalized spacial score (nSPS) is 10.3. The van der Waals surface area contributed by atoms with Gasteiger partial charge < -0.3 is 10.6 Å². The van der Waals surface area contributed by atoms with Crippen molar-refractivity contribution in [3.05, 3.63) is 88.7 Å². The minimum Gasteiger partial charge on any atom is -0.319 e. The van der Waals surface area contributed by atoms with E-state index in [4.69, 9.17) is 11.6 Å². The summed E-state index contributed by atoms with van der Waals surface area (Å²) < 4.78 is 27.3. The van der Waals surface area contributed by atoms with Gasteiger partial charge in [0.2, 0.25) is 0 Å². The van der Waals surface area contributed by atoms with Crippen LogP contribution in [0.5, 0.6) is 0 Å². The molecule has 1 heterocycles.